The van der Waals surface area contributed by atoms with E-state index in [1.54, 1.807) is 30.0 Å². The number of carboxylic acid groups (broad SMARTS) is 1. The highest BCUT2D eigenvalue weighted by Gasteiger charge is 2.29. The summed E-state index contributed by atoms with van der Waals surface area (Å²) in [6.45, 7) is 2.77. The van der Waals surface area contributed by atoms with Gasteiger partial charge in [-0.15, -0.1) is 0 Å². The zero-order valence-corrected chi connectivity index (χ0v) is 11.2. The Labute approximate surface area is 117 Å². The van der Waals surface area contributed by atoms with E-state index in [2.05, 4.69) is 5.32 Å². The number of aliphatic hydroxyl groups is 1. The number of urea groups is 1. The molecule has 0 radical (unpaired) electrons. The number of hydrogen-bond acceptors (Lipinski definition) is 3. The molecule has 1 aromatic rings. The lowest BCUT2D eigenvalue weighted by molar-refractivity contribution is 0.0698. The number of carbonyl (C=O) groups excluding carboxylic acids is 1. The summed E-state index contributed by atoms with van der Waals surface area (Å²) in [7, 11) is 0. The second-order valence-corrected chi connectivity index (χ2v) is 5.02. The number of hydrogen-bond donors (Lipinski definition) is 3. The molecule has 2 atom stereocenters. The van der Waals surface area contributed by atoms with Gasteiger partial charge in [-0.05, 0) is 25.5 Å². The molecular weight excluding hydrogens is 260 g/mol. The average Bonchev–Trinajstić information content (AvgIpc) is 2.89. The van der Waals surface area contributed by atoms with Crippen molar-refractivity contribution >= 4 is 17.7 Å². The molecule has 2 unspecified atom stereocenters. The minimum atomic E-state index is -1.08. The van der Waals surface area contributed by atoms with Crippen molar-refractivity contribution in [3.05, 3.63) is 29.8 Å². The first-order valence-electron chi connectivity index (χ1n) is 6.55. The average molecular weight is 278 g/mol. The zero-order valence-electron chi connectivity index (χ0n) is 11.2. The number of aliphatic hydroxyl groups excluding tert-OH is 1. The Kier molecular flexibility index (Phi) is 4.24. The number of likely N-dealkylation sites (tertiary alicyclic amines) is 1. The molecule has 6 nitrogen and oxygen atoms in total. The van der Waals surface area contributed by atoms with Crippen molar-refractivity contribution < 1.29 is 19.8 Å². The van der Waals surface area contributed by atoms with E-state index in [4.69, 9.17) is 5.11 Å². The molecule has 0 spiro atoms. The molecule has 1 aliphatic rings. The van der Waals surface area contributed by atoms with Gasteiger partial charge in [0.2, 0.25) is 0 Å². The fraction of sp³-hybridized carbons (Fsp3) is 0.429. The van der Waals surface area contributed by atoms with Crippen molar-refractivity contribution in [1.29, 1.82) is 0 Å². The lowest BCUT2D eigenvalue weighted by Gasteiger charge is -2.19. The van der Waals surface area contributed by atoms with Crippen molar-refractivity contribution in [2.24, 2.45) is 5.92 Å². The highest BCUT2D eigenvalue weighted by atomic mass is 16.4. The monoisotopic (exact) mass is 278 g/mol. The molecule has 2 amide bonds. The van der Waals surface area contributed by atoms with Gasteiger partial charge >= 0.3 is 12.0 Å². The summed E-state index contributed by atoms with van der Waals surface area (Å²) in [5, 5.41) is 21.2. The van der Waals surface area contributed by atoms with Crippen molar-refractivity contribution in [2.45, 2.75) is 19.4 Å². The van der Waals surface area contributed by atoms with Crippen LogP contribution in [0.4, 0.5) is 10.5 Å². The first-order chi connectivity index (χ1) is 9.49. The Balaban J connectivity index is 2.04. The molecule has 0 aromatic heterocycles. The molecule has 0 aliphatic carbocycles. The summed E-state index contributed by atoms with van der Waals surface area (Å²) in [6.07, 6.45) is 0.310. The number of amides is 2. The number of carbonyl (C=O) groups is 2. The minimum Gasteiger partial charge on any atom is -0.478 e. The minimum absolute atomic E-state index is 0.0622. The molecule has 1 aromatic carbocycles. The SMILES string of the molecule is CC(O)C1CCN(C(=O)Nc2ccccc2C(=O)O)C1. The Bertz CT molecular complexity index is 516. The zero-order chi connectivity index (χ0) is 14.7. The third-order valence-corrected chi connectivity index (χ3v) is 3.59. The summed E-state index contributed by atoms with van der Waals surface area (Å²) in [4.78, 5) is 24.8. The van der Waals surface area contributed by atoms with Gasteiger partial charge < -0.3 is 20.4 Å². The van der Waals surface area contributed by atoms with E-state index in [1.807, 2.05) is 0 Å². The normalized spacial score (nSPS) is 19.7. The number of nitrogens with zero attached hydrogens (tertiary/aromatic N) is 1. The maximum Gasteiger partial charge on any atom is 0.337 e. The van der Waals surface area contributed by atoms with Crippen LogP contribution in [0.5, 0.6) is 0 Å². The van der Waals surface area contributed by atoms with Gasteiger partial charge in [0.15, 0.2) is 0 Å². The maximum absolute atomic E-state index is 12.1. The Morgan fingerprint density at radius 1 is 1.40 bits per heavy atom. The predicted octanol–water partition coefficient (Wildman–Crippen LogP) is 1.62. The number of carboxylic acids is 1. The van der Waals surface area contributed by atoms with Gasteiger partial charge in [0.05, 0.1) is 17.4 Å². The Hall–Kier alpha value is -2.08. The topological polar surface area (TPSA) is 89.9 Å². The molecule has 0 saturated carbocycles. The van der Waals surface area contributed by atoms with Gasteiger partial charge in [0, 0.05) is 19.0 Å². The molecule has 2 rings (SSSR count). The number of rotatable bonds is 3. The first kappa shape index (κ1) is 14.3. The Morgan fingerprint density at radius 3 is 2.70 bits per heavy atom. The number of para-hydroxylation sites is 1. The summed E-state index contributed by atoms with van der Waals surface area (Å²) in [5.41, 5.74) is 0.345. The van der Waals surface area contributed by atoms with Crippen LogP contribution in [0, 0.1) is 5.92 Å². The summed E-state index contributed by atoms with van der Waals surface area (Å²) < 4.78 is 0. The molecule has 0 bridgehead atoms. The molecule has 6 heteroatoms. The van der Waals surface area contributed by atoms with Gasteiger partial charge in [-0.2, -0.15) is 0 Å². The quantitative estimate of drug-likeness (QED) is 0.783. The van der Waals surface area contributed by atoms with Gasteiger partial charge in [-0.1, -0.05) is 12.1 Å². The van der Waals surface area contributed by atoms with E-state index < -0.39 is 12.1 Å². The van der Waals surface area contributed by atoms with Gasteiger partial charge in [-0.3, -0.25) is 0 Å². The standard InChI is InChI=1S/C14H18N2O4/c1-9(17)10-6-7-16(8-10)14(20)15-12-5-3-2-4-11(12)13(18)19/h2-5,9-10,17H,6-8H2,1H3,(H,15,20)(H,18,19). The Morgan fingerprint density at radius 2 is 2.10 bits per heavy atom. The van der Waals surface area contributed by atoms with Crippen LogP contribution >= 0.6 is 0 Å². The molecule has 20 heavy (non-hydrogen) atoms. The smallest absolute Gasteiger partial charge is 0.337 e. The van der Waals surface area contributed by atoms with Crippen LogP contribution in [0.3, 0.4) is 0 Å². The molecule has 1 saturated heterocycles. The molecule has 1 aliphatic heterocycles. The fourth-order valence-corrected chi connectivity index (χ4v) is 2.34. The highest BCUT2D eigenvalue weighted by Crippen LogP contribution is 2.21. The second kappa shape index (κ2) is 5.92. The second-order valence-electron chi connectivity index (χ2n) is 5.02. The maximum atomic E-state index is 12.1. The number of nitrogens with one attached hydrogen (secondary N) is 1. The van der Waals surface area contributed by atoms with Crippen LogP contribution in [0.15, 0.2) is 24.3 Å². The molecule has 3 N–H and O–H groups in total. The summed E-state index contributed by atoms with van der Waals surface area (Å²) in [6, 6.07) is 5.95. The molecular formula is C14H18N2O4. The van der Waals surface area contributed by atoms with Crippen molar-refractivity contribution in [3.63, 3.8) is 0 Å². The van der Waals surface area contributed by atoms with E-state index in [-0.39, 0.29) is 23.2 Å². The summed E-state index contributed by atoms with van der Waals surface area (Å²) in [5.74, 6) is -1.00. The van der Waals surface area contributed by atoms with Crippen molar-refractivity contribution in [3.8, 4) is 0 Å². The van der Waals surface area contributed by atoms with Crippen LogP contribution in [0.2, 0.25) is 0 Å². The third-order valence-electron chi connectivity index (χ3n) is 3.59. The van der Waals surface area contributed by atoms with Crippen LogP contribution in [0.1, 0.15) is 23.7 Å². The van der Waals surface area contributed by atoms with E-state index >= 15 is 0 Å². The van der Waals surface area contributed by atoms with Gasteiger partial charge in [0.1, 0.15) is 0 Å². The third kappa shape index (κ3) is 3.08. The highest BCUT2D eigenvalue weighted by molar-refractivity contribution is 6.00. The summed E-state index contributed by atoms with van der Waals surface area (Å²) >= 11 is 0. The van der Waals surface area contributed by atoms with Crippen LogP contribution in [0.25, 0.3) is 0 Å². The number of benzene rings is 1. The first-order valence-corrected chi connectivity index (χ1v) is 6.55. The molecule has 108 valence electrons. The van der Waals surface area contributed by atoms with Crippen LogP contribution < -0.4 is 5.32 Å². The van der Waals surface area contributed by atoms with Crippen molar-refractivity contribution in [1.82, 2.24) is 4.90 Å². The van der Waals surface area contributed by atoms with Crippen LogP contribution in [-0.4, -0.2) is 46.3 Å². The van der Waals surface area contributed by atoms with E-state index in [1.165, 1.54) is 6.07 Å². The lowest BCUT2D eigenvalue weighted by atomic mass is 10.0. The van der Waals surface area contributed by atoms with Crippen molar-refractivity contribution in [2.75, 3.05) is 18.4 Å². The predicted molar refractivity (Wildman–Crippen MR) is 73.8 cm³/mol. The fourth-order valence-electron chi connectivity index (χ4n) is 2.34. The van der Waals surface area contributed by atoms with Gasteiger partial charge in [-0.25, -0.2) is 9.59 Å². The number of aromatic carboxylic acids is 1. The van der Waals surface area contributed by atoms with Gasteiger partial charge in [0.25, 0.3) is 0 Å². The molecule has 1 fully saturated rings. The van der Waals surface area contributed by atoms with Crippen LogP contribution in [-0.2, 0) is 0 Å². The van der Waals surface area contributed by atoms with E-state index in [9.17, 15) is 14.7 Å². The van der Waals surface area contributed by atoms with E-state index in [0.717, 1.165) is 6.42 Å². The largest absolute Gasteiger partial charge is 0.478 e. The number of anilines is 1. The van der Waals surface area contributed by atoms with E-state index in [0.29, 0.717) is 13.1 Å². The lowest BCUT2D eigenvalue weighted by Crippen LogP contribution is -2.34. The molecule has 1 heterocycles.